The van der Waals surface area contributed by atoms with Crippen LogP contribution in [0.4, 0.5) is 0 Å². The van der Waals surface area contributed by atoms with E-state index in [1.165, 1.54) is 51.4 Å². The molecular formula is C20H33NO. The van der Waals surface area contributed by atoms with E-state index >= 15 is 0 Å². The zero-order valence-electron chi connectivity index (χ0n) is 14.7. The second-order valence-corrected chi connectivity index (χ2v) is 10.3. The highest BCUT2D eigenvalue weighted by atomic mass is 16.2. The third-order valence-electron chi connectivity index (χ3n) is 7.54. The van der Waals surface area contributed by atoms with Gasteiger partial charge in [0.15, 0.2) is 0 Å². The second kappa shape index (κ2) is 4.74. The smallest absolute Gasteiger partial charge is 0.226 e. The SMILES string of the molecule is CC1CCCCC1NC(=O)C12CC3CC(C)(CC(C)(C3)C1)C2. The first-order valence-corrected chi connectivity index (χ1v) is 9.63. The molecule has 4 atom stereocenters. The number of hydrogen-bond donors (Lipinski definition) is 1. The molecule has 4 unspecified atom stereocenters. The molecule has 5 fully saturated rings. The van der Waals surface area contributed by atoms with E-state index in [9.17, 15) is 4.79 Å². The summed E-state index contributed by atoms with van der Waals surface area (Å²) in [5.41, 5.74) is 0.841. The lowest BCUT2D eigenvalue weighted by Crippen LogP contribution is -2.61. The molecule has 0 heterocycles. The molecule has 124 valence electrons. The van der Waals surface area contributed by atoms with E-state index in [0.717, 1.165) is 18.8 Å². The summed E-state index contributed by atoms with van der Waals surface area (Å²) in [6.07, 6.45) is 12.7. The van der Waals surface area contributed by atoms with E-state index in [2.05, 4.69) is 26.1 Å². The highest BCUT2D eigenvalue weighted by Crippen LogP contribution is 2.69. The standard InChI is InChI=1S/C20H33NO/c1-14-6-4-5-7-16(14)21-17(22)20-10-15-8-18(2,12-20)11-19(3,9-15)13-20/h14-16H,4-13H2,1-3H3,(H,21,22). The van der Waals surface area contributed by atoms with Crippen LogP contribution in [0.25, 0.3) is 0 Å². The van der Waals surface area contributed by atoms with Crippen molar-refractivity contribution in [3.63, 3.8) is 0 Å². The number of amides is 1. The summed E-state index contributed by atoms with van der Waals surface area (Å²) in [7, 11) is 0. The number of nitrogens with one attached hydrogen (secondary N) is 1. The highest BCUT2D eigenvalue weighted by Gasteiger charge is 2.62. The second-order valence-electron chi connectivity index (χ2n) is 10.3. The Hall–Kier alpha value is -0.530. The molecule has 22 heavy (non-hydrogen) atoms. The van der Waals surface area contributed by atoms with Gasteiger partial charge in [-0.15, -0.1) is 0 Å². The molecule has 1 N–H and O–H groups in total. The predicted octanol–water partition coefficient (Wildman–Crippen LogP) is 4.68. The average Bonchev–Trinajstić information content (AvgIpc) is 2.37. The Labute approximate surface area is 135 Å². The predicted molar refractivity (Wildman–Crippen MR) is 89.4 cm³/mol. The van der Waals surface area contributed by atoms with Gasteiger partial charge < -0.3 is 5.32 Å². The number of hydrogen-bond acceptors (Lipinski definition) is 1. The molecule has 1 amide bonds. The Morgan fingerprint density at radius 3 is 2.18 bits per heavy atom. The van der Waals surface area contributed by atoms with Gasteiger partial charge in [0.1, 0.15) is 0 Å². The molecule has 0 aromatic heterocycles. The molecule has 2 nitrogen and oxygen atoms in total. The fourth-order valence-electron chi connectivity index (χ4n) is 7.55. The van der Waals surface area contributed by atoms with Crippen molar-refractivity contribution in [3.8, 4) is 0 Å². The molecule has 5 aliphatic rings. The summed E-state index contributed by atoms with van der Waals surface area (Å²) in [6.45, 7) is 7.24. The first kappa shape index (κ1) is 15.0. The van der Waals surface area contributed by atoms with Gasteiger partial charge in [0.25, 0.3) is 0 Å². The molecule has 5 aliphatic carbocycles. The molecule has 5 saturated carbocycles. The molecule has 0 radical (unpaired) electrons. The van der Waals surface area contributed by atoms with Crippen LogP contribution in [0.3, 0.4) is 0 Å². The van der Waals surface area contributed by atoms with Crippen molar-refractivity contribution in [1.82, 2.24) is 5.32 Å². The summed E-state index contributed by atoms with van der Waals surface area (Å²) in [5.74, 6) is 1.89. The van der Waals surface area contributed by atoms with Crippen LogP contribution in [0.15, 0.2) is 0 Å². The van der Waals surface area contributed by atoms with Gasteiger partial charge in [0.05, 0.1) is 5.41 Å². The zero-order valence-corrected chi connectivity index (χ0v) is 14.7. The quantitative estimate of drug-likeness (QED) is 0.788. The van der Waals surface area contributed by atoms with Crippen LogP contribution in [0.2, 0.25) is 0 Å². The minimum absolute atomic E-state index is 0.0277. The van der Waals surface area contributed by atoms with Crippen LogP contribution in [0.5, 0.6) is 0 Å². The summed E-state index contributed by atoms with van der Waals surface area (Å²) in [6, 6.07) is 0.440. The molecule has 0 aliphatic heterocycles. The summed E-state index contributed by atoms with van der Waals surface area (Å²) >= 11 is 0. The Balaban J connectivity index is 1.55. The molecule has 0 aromatic rings. The van der Waals surface area contributed by atoms with E-state index < -0.39 is 0 Å². The lowest BCUT2D eigenvalue weighted by Gasteiger charge is -2.64. The Bertz CT molecular complexity index is 466. The van der Waals surface area contributed by atoms with Crippen LogP contribution in [-0.2, 0) is 4.79 Å². The van der Waals surface area contributed by atoms with Crippen LogP contribution >= 0.6 is 0 Å². The lowest BCUT2D eigenvalue weighted by atomic mass is 9.40. The molecular weight excluding hydrogens is 270 g/mol. The molecule has 0 aromatic carbocycles. The Kier molecular flexibility index (Phi) is 3.24. The van der Waals surface area contributed by atoms with E-state index in [1.54, 1.807) is 0 Å². The van der Waals surface area contributed by atoms with Gasteiger partial charge >= 0.3 is 0 Å². The first-order chi connectivity index (χ1) is 10.3. The van der Waals surface area contributed by atoms with E-state index in [4.69, 9.17) is 0 Å². The fourth-order valence-corrected chi connectivity index (χ4v) is 7.55. The lowest BCUT2D eigenvalue weighted by molar-refractivity contribution is -0.171. The van der Waals surface area contributed by atoms with Crippen molar-refractivity contribution in [2.75, 3.05) is 0 Å². The van der Waals surface area contributed by atoms with Gasteiger partial charge in [0, 0.05) is 6.04 Å². The number of carbonyl (C=O) groups is 1. The average molecular weight is 303 g/mol. The van der Waals surface area contributed by atoms with Crippen molar-refractivity contribution in [3.05, 3.63) is 0 Å². The van der Waals surface area contributed by atoms with Crippen molar-refractivity contribution in [1.29, 1.82) is 0 Å². The van der Waals surface area contributed by atoms with Crippen molar-refractivity contribution in [2.24, 2.45) is 28.1 Å². The maximum Gasteiger partial charge on any atom is 0.226 e. The fraction of sp³-hybridized carbons (Fsp3) is 0.950. The van der Waals surface area contributed by atoms with Crippen LogP contribution < -0.4 is 5.32 Å². The van der Waals surface area contributed by atoms with Gasteiger partial charge in [-0.2, -0.15) is 0 Å². The maximum atomic E-state index is 13.3. The van der Waals surface area contributed by atoms with Crippen LogP contribution in [-0.4, -0.2) is 11.9 Å². The van der Waals surface area contributed by atoms with E-state index in [-0.39, 0.29) is 5.41 Å². The monoisotopic (exact) mass is 303 g/mol. The van der Waals surface area contributed by atoms with Gasteiger partial charge in [-0.25, -0.2) is 0 Å². The van der Waals surface area contributed by atoms with Crippen LogP contribution in [0, 0.1) is 28.1 Å². The van der Waals surface area contributed by atoms with Crippen molar-refractivity contribution in [2.45, 2.75) is 91.0 Å². The Morgan fingerprint density at radius 2 is 1.59 bits per heavy atom. The number of rotatable bonds is 2. The van der Waals surface area contributed by atoms with Gasteiger partial charge in [0.2, 0.25) is 5.91 Å². The topological polar surface area (TPSA) is 29.1 Å². The van der Waals surface area contributed by atoms with E-state index in [1.807, 2.05) is 0 Å². The van der Waals surface area contributed by atoms with Crippen LogP contribution in [0.1, 0.15) is 85.0 Å². The molecule has 0 saturated heterocycles. The largest absolute Gasteiger partial charge is 0.353 e. The number of carbonyl (C=O) groups excluding carboxylic acids is 1. The molecule has 4 bridgehead atoms. The van der Waals surface area contributed by atoms with Gasteiger partial charge in [-0.1, -0.05) is 33.6 Å². The van der Waals surface area contributed by atoms with Gasteiger partial charge in [-0.3, -0.25) is 4.79 Å². The van der Waals surface area contributed by atoms with E-state index in [0.29, 0.717) is 28.7 Å². The third kappa shape index (κ3) is 2.32. The normalized spacial score (nSPS) is 53.5. The Morgan fingerprint density at radius 1 is 0.955 bits per heavy atom. The molecule has 2 heteroatoms. The minimum Gasteiger partial charge on any atom is -0.353 e. The molecule has 5 rings (SSSR count). The van der Waals surface area contributed by atoms with Crippen molar-refractivity contribution < 1.29 is 4.79 Å². The first-order valence-electron chi connectivity index (χ1n) is 9.63. The summed E-state index contributed by atoms with van der Waals surface area (Å²) in [5, 5.41) is 3.52. The molecule has 0 spiro atoms. The third-order valence-corrected chi connectivity index (χ3v) is 7.54. The van der Waals surface area contributed by atoms with Gasteiger partial charge in [-0.05, 0) is 74.0 Å². The summed E-state index contributed by atoms with van der Waals surface area (Å²) < 4.78 is 0. The summed E-state index contributed by atoms with van der Waals surface area (Å²) in [4.78, 5) is 13.3. The minimum atomic E-state index is -0.0277. The maximum absolute atomic E-state index is 13.3. The van der Waals surface area contributed by atoms with Crippen molar-refractivity contribution >= 4 is 5.91 Å². The highest BCUT2D eigenvalue weighted by molar-refractivity contribution is 5.83. The zero-order chi connectivity index (χ0) is 15.6.